The second-order valence-electron chi connectivity index (χ2n) is 12.6. The summed E-state index contributed by atoms with van der Waals surface area (Å²) in [5, 5.41) is 120. The lowest BCUT2D eigenvalue weighted by Crippen LogP contribution is -2.70. The molecule has 22 heteroatoms. The van der Waals surface area contributed by atoms with Crippen LogP contribution in [0, 0.1) is 0 Å². The number of hydrogen-bond acceptors (Lipinski definition) is 20. The molecule has 0 aromatic rings. The molecular formula is C28H48N2O20. The smallest absolute Gasteiger partial charge is 0.217 e. The van der Waals surface area contributed by atoms with Gasteiger partial charge in [-0.25, -0.2) is 0 Å². The fourth-order valence-corrected chi connectivity index (χ4v) is 6.28. The van der Waals surface area contributed by atoms with E-state index in [0.29, 0.717) is 0 Å². The summed E-state index contributed by atoms with van der Waals surface area (Å²) in [6.45, 7) is 0.987. The van der Waals surface area contributed by atoms with Crippen LogP contribution in [0.2, 0.25) is 0 Å². The topological polar surface area (TPSA) is 345 Å². The third kappa shape index (κ3) is 8.70. The van der Waals surface area contributed by atoms with Gasteiger partial charge < -0.3 is 100.0 Å². The van der Waals surface area contributed by atoms with Gasteiger partial charge in [-0.15, -0.1) is 0 Å². The molecule has 4 fully saturated rings. The molecule has 290 valence electrons. The van der Waals surface area contributed by atoms with E-state index in [1.54, 1.807) is 0 Å². The van der Waals surface area contributed by atoms with Gasteiger partial charge in [0.25, 0.3) is 0 Å². The molecule has 4 heterocycles. The summed E-state index contributed by atoms with van der Waals surface area (Å²) in [6.07, 6.45) is -30.2. The first-order valence-corrected chi connectivity index (χ1v) is 15.9. The molecule has 0 aromatic carbocycles. The molecule has 22 nitrogen and oxygen atoms in total. The summed E-state index contributed by atoms with van der Waals surface area (Å²) < 4.78 is 39.6. The van der Waals surface area contributed by atoms with E-state index in [-0.39, 0.29) is 0 Å². The largest absolute Gasteiger partial charge is 0.394 e. The van der Waals surface area contributed by atoms with Crippen molar-refractivity contribution >= 4 is 11.8 Å². The van der Waals surface area contributed by atoms with Crippen molar-refractivity contribution in [1.82, 2.24) is 10.6 Å². The lowest BCUT2D eigenvalue weighted by Gasteiger charge is -2.50. The molecule has 4 saturated heterocycles. The van der Waals surface area contributed by atoms with Crippen molar-refractivity contribution in [3.05, 3.63) is 0 Å². The molecule has 4 aliphatic heterocycles. The second-order valence-corrected chi connectivity index (χ2v) is 12.6. The quantitative estimate of drug-likeness (QED) is 0.0938. The van der Waals surface area contributed by atoms with Crippen molar-refractivity contribution in [2.24, 2.45) is 0 Å². The minimum Gasteiger partial charge on any atom is -0.394 e. The highest BCUT2D eigenvalue weighted by molar-refractivity contribution is 5.73. The summed E-state index contributed by atoms with van der Waals surface area (Å²) in [5.41, 5.74) is 0. The highest BCUT2D eigenvalue weighted by Gasteiger charge is 2.55. The third-order valence-corrected chi connectivity index (χ3v) is 8.97. The van der Waals surface area contributed by atoms with Crippen LogP contribution in [0.15, 0.2) is 0 Å². The number of nitrogens with one attached hydrogen (secondary N) is 2. The summed E-state index contributed by atoms with van der Waals surface area (Å²) in [7, 11) is 0. The Hall–Kier alpha value is -1.78. The number of aliphatic hydroxyl groups excluding tert-OH is 11. The Morgan fingerprint density at radius 2 is 1.04 bits per heavy atom. The maximum absolute atomic E-state index is 12.3. The van der Waals surface area contributed by atoms with Crippen molar-refractivity contribution in [2.45, 2.75) is 143 Å². The number of aliphatic hydroxyl groups is 11. The second kappa shape index (κ2) is 17.4. The average Bonchev–Trinajstić information content (AvgIpc) is 3.07. The van der Waals surface area contributed by atoms with Crippen molar-refractivity contribution in [3.63, 3.8) is 0 Å². The predicted octanol–water partition coefficient (Wildman–Crippen LogP) is -8.43. The number of amides is 2. The SMILES string of the molecule is CC(=O)N[C@H]1[C@H](O[C@H]2[C@@H](O)[C@@H](CO)OC(O)[C@@H]2NC(C)=O)O[C@H](CO)[C@@H](O[C@@H]2O[C@H](CO)[C@H](O)[C@H](O)[C@H]2O[C@@H]2O[C@@H](C)[C@@H](O)[C@@H](O)[C@@H]2O)[C@@H]1O. The fraction of sp³-hybridized carbons (Fsp3) is 0.929. The fourth-order valence-electron chi connectivity index (χ4n) is 6.28. The molecule has 0 aliphatic carbocycles. The van der Waals surface area contributed by atoms with Crippen LogP contribution >= 0.6 is 0 Å². The zero-order valence-electron chi connectivity index (χ0n) is 27.3. The van der Waals surface area contributed by atoms with Crippen molar-refractivity contribution in [2.75, 3.05) is 19.8 Å². The van der Waals surface area contributed by atoms with Gasteiger partial charge >= 0.3 is 0 Å². The molecule has 0 bridgehead atoms. The molecule has 13 N–H and O–H groups in total. The Kier molecular flexibility index (Phi) is 14.2. The van der Waals surface area contributed by atoms with Gasteiger partial charge in [-0.3, -0.25) is 9.59 Å². The molecule has 0 saturated carbocycles. The van der Waals surface area contributed by atoms with Gasteiger partial charge in [0.05, 0.1) is 25.9 Å². The van der Waals surface area contributed by atoms with E-state index in [4.69, 9.17) is 33.2 Å². The monoisotopic (exact) mass is 732 g/mol. The van der Waals surface area contributed by atoms with Crippen LogP contribution in [0.25, 0.3) is 0 Å². The zero-order chi connectivity index (χ0) is 37.2. The Balaban J connectivity index is 1.62. The van der Waals surface area contributed by atoms with E-state index < -0.39 is 154 Å². The van der Waals surface area contributed by atoms with Gasteiger partial charge in [0.15, 0.2) is 25.2 Å². The number of carbonyl (C=O) groups is 2. The first-order valence-electron chi connectivity index (χ1n) is 15.9. The molecule has 0 spiro atoms. The predicted molar refractivity (Wildman–Crippen MR) is 156 cm³/mol. The van der Waals surface area contributed by atoms with Crippen LogP contribution in [0.4, 0.5) is 0 Å². The lowest BCUT2D eigenvalue weighted by atomic mass is 9.94. The summed E-state index contributed by atoms with van der Waals surface area (Å²) >= 11 is 0. The van der Waals surface area contributed by atoms with Gasteiger partial charge in [0.1, 0.15) is 91.4 Å². The zero-order valence-corrected chi connectivity index (χ0v) is 27.3. The van der Waals surface area contributed by atoms with Gasteiger partial charge in [0.2, 0.25) is 11.8 Å². The van der Waals surface area contributed by atoms with Crippen LogP contribution in [-0.2, 0) is 42.7 Å². The Labute approximate surface area is 285 Å². The highest BCUT2D eigenvalue weighted by atomic mass is 16.8. The normalized spacial score (nSPS) is 48.5. The standard InChI is InChI=1S/C28H48N2O20/c1-7-15(36)19(40)21(42)27(44-7)50-24-20(41)16(37)10(4-31)46-28(24)48-22-12(6-33)47-26(13(18(22)39)29-8(2)34)49-23-14(30-9(3)35)25(43)45-11(5-32)17(23)38/h7,10-28,31-33,36-43H,4-6H2,1-3H3,(H,29,34)(H,30,35)/t7-,10+,11+,12+,13+,14+,15+,16-,17-,18+,19+,20-,21-,22+,23+,24+,25?,26-,27-,28-/m0/s1. The summed E-state index contributed by atoms with van der Waals surface area (Å²) in [5.74, 6) is -1.41. The van der Waals surface area contributed by atoms with Crippen LogP contribution in [0.1, 0.15) is 20.8 Å². The molecular weight excluding hydrogens is 684 g/mol. The Morgan fingerprint density at radius 3 is 1.62 bits per heavy atom. The molecule has 0 radical (unpaired) electrons. The number of hydrogen-bond donors (Lipinski definition) is 13. The van der Waals surface area contributed by atoms with E-state index in [2.05, 4.69) is 10.6 Å². The lowest BCUT2D eigenvalue weighted by molar-refractivity contribution is -0.385. The van der Waals surface area contributed by atoms with Crippen LogP contribution in [-0.4, -0.2) is 211 Å². The molecule has 20 atom stereocenters. The molecule has 1 unspecified atom stereocenters. The van der Waals surface area contributed by atoms with Gasteiger partial charge in [0, 0.05) is 13.8 Å². The van der Waals surface area contributed by atoms with Crippen molar-refractivity contribution < 1.29 is 98.9 Å². The maximum atomic E-state index is 12.3. The molecule has 4 aliphatic rings. The van der Waals surface area contributed by atoms with Crippen molar-refractivity contribution in [1.29, 1.82) is 0 Å². The van der Waals surface area contributed by atoms with E-state index in [9.17, 15) is 65.8 Å². The first kappa shape index (κ1) is 41.0. The van der Waals surface area contributed by atoms with Gasteiger partial charge in [-0.1, -0.05) is 0 Å². The summed E-state index contributed by atoms with van der Waals surface area (Å²) in [4.78, 5) is 24.2. The molecule has 4 rings (SSSR count). The molecule has 0 aromatic heterocycles. The van der Waals surface area contributed by atoms with E-state index >= 15 is 0 Å². The number of rotatable bonds is 11. The summed E-state index contributed by atoms with van der Waals surface area (Å²) in [6, 6.07) is -3.05. The highest BCUT2D eigenvalue weighted by Crippen LogP contribution is 2.34. The Bertz CT molecular complexity index is 1130. The maximum Gasteiger partial charge on any atom is 0.217 e. The minimum atomic E-state index is -1.93. The van der Waals surface area contributed by atoms with Crippen LogP contribution in [0.3, 0.4) is 0 Å². The van der Waals surface area contributed by atoms with Gasteiger partial charge in [-0.2, -0.15) is 0 Å². The van der Waals surface area contributed by atoms with E-state index in [1.807, 2.05) is 0 Å². The van der Waals surface area contributed by atoms with Crippen LogP contribution < -0.4 is 10.6 Å². The third-order valence-electron chi connectivity index (χ3n) is 8.97. The van der Waals surface area contributed by atoms with Gasteiger partial charge in [-0.05, 0) is 6.92 Å². The average molecular weight is 733 g/mol. The Morgan fingerprint density at radius 1 is 0.520 bits per heavy atom. The number of carbonyl (C=O) groups excluding carboxylic acids is 2. The van der Waals surface area contributed by atoms with Crippen molar-refractivity contribution in [3.8, 4) is 0 Å². The minimum absolute atomic E-state index is 0.672. The van der Waals surface area contributed by atoms with E-state index in [0.717, 1.165) is 13.8 Å². The first-order chi connectivity index (χ1) is 23.5. The molecule has 50 heavy (non-hydrogen) atoms. The van der Waals surface area contributed by atoms with E-state index in [1.165, 1.54) is 6.92 Å². The molecule has 2 amide bonds. The number of ether oxygens (including phenoxy) is 7. The van der Waals surface area contributed by atoms with Crippen LogP contribution in [0.5, 0.6) is 0 Å².